The molecule has 2 rings (SSSR count). The van der Waals surface area contributed by atoms with Gasteiger partial charge in [0.05, 0.1) is 16.9 Å². The van der Waals surface area contributed by atoms with Crippen molar-refractivity contribution in [2.45, 2.75) is 17.9 Å². The number of halogens is 1. The van der Waals surface area contributed by atoms with Crippen LogP contribution in [-0.2, 0) is 16.6 Å². The van der Waals surface area contributed by atoms with E-state index >= 15 is 0 Å². The summed E-state index contributed by atoms with van der Waals surface area (Å²) in [7, 11) is -3.72. The van der Waals surface area contributed by atoms with E-state index in [1.165, 1.54) is 17.1 Å². The number of aromatic nitrogens is 2. The first kappa shape index (κ1) is 14.8. The van der Waals surface area contributed by atoms with Gasteiger partial charge in [0, 0.05) is 19.3 Å². The molecule has 0 amide bonds. The summed E-state index contributed by atoms with van der Waals surface area (Å²) in [5, 5.41) is 13.0. The van der Waals surface area contributed by atoms with Crippen molar-refractivity contribution < 1.29 is 13.5 Å². The molecule has 0 unspecified atom stereocenters. The minimum absolute atomic E-state index is 0.0276. The van der Waals surface area contributed by atoms with E-state index in [1.54, 1.807) is 24.3 Å². The normalized spacial score (nSPS) is 11.5. The van der Waals surface area contributed by atoms with Crippen molar-refractivity contribution in [2.75, 3.05) is 11.3 Å². The zero-order valence-electron chi connectivity index (χ0n) is 10.5. The van der Waals surface area contributed by atoms with E-state index < -0.39 is 10.0 Å². The molecule has 0 atom stereocenters. The summed E-state index contributed by atoms with van der Waals surface area (Å²) in [6.07, 6.45) is 3.19. The lowest BCUT2D eigenvalue weighted by Crippen LogP contribution is -2.12. The summed E-state index contributed by atoms with van der Waals surface area (Å²) in [6, 6.07) is 6.58. The van der Waals surface area contributed by atoms with Crippen molar-refractivity contribution in [3.05, 3.63) is 41.7 Å². The Kier molecular flexibility index (Phi) is 4.64. The SMILES string of the molecule is O=S(=O)(Nc1ccccc1Cl)c1cnn(CCCO)c1. The van der Waals surface area contributed by atoms with Crippen LogP contribution >= 0.6 is 11.6 Å². The molecule has 2 aromatic rings. The predicted molar refractivity (Wildman–Crippen MR) is 76.2 cm³/mol. The molecule has 0 spiro atoms. The maximum atomic E-state index is 12.2. The largest absolute Gasteiger partial charge is 0.396 e. The molecular formula is C12H14ClN3O3S. The summed E-state index contributed by atoms with van der Waals surface area (Å²) in [6.45, 7) is 0.484. The molecule has 20 heavy (non-hydrogen) atoms. The average Bonchev–Trinajstić information content (AvgIpc) is 2.88. The topological polar surface area (TPSA) is 84.2 Å². The lowest BCUT2D eigenvalue weighted by Gasteiger charge is -2.07. The lowest BCUT2D eigenvalue weighted by molar-refractivity contribution is 0.277. The van der Waals surface area contributed by atoms with Crippen molar-refractivity contribution in [1.82, 2.24) is 9.78 Å². The van der Waals surface area contributed by atoms with Gasteiger partial charge in [-0.3, -0.25) is 9.40 Å². The zero-order chi connectivity index (χ0) is 14.6. The van der Waals surface area contributed by atoms with E-state index in [4.69, 9.17) is 16.7 Å². The lowest BCUT2D eigenvalue weighted by atomic mass is 10.3. The van der Waals surface area contributed by atoms with Crippen LogP contribution < -0.4 is 4.72 Å². The molecule has 6 nitrogen and oxygen atoms in total. The van der Waals surface area contributed by atoms with Gasteiger partial charge in [-0.05, 0) is 18.6 Å². The Morgan fingerprint density at radius 2 is 2.10 bits per heavy atom. The smallest absolute Gasteiger partial charge is 0.265 e. The molecule has 0 radical (unpaired) electrons. The maximum absolute atomic E-state index is 12.2. The minimum atomic E-state index is -3.72. The van der Waals surface area contributed by atoms with E-state index in [9.17, 15) is 8.42 Å². The summed E-state index contributed by atoms with van der Waals surface area (Å²) in [5.41, 5.74) is 0.317. The Labute approximate surface area is 122 Å². The van der Waals surface area contributed by atoms with Crippen molar-refractivity contribution in [2.24, 2.45) is 0 Å². The fourth-order valence-corrected chi connectivity index (χ4v) is 2.86. The molecular weight excluding hydrogens is 302 g/mol. The second-order valence-corrected chi connectivity index (χ2v) is 6.19. The molecule has 0 aliphatic heterocycles. The van der Waals surface area contributed by atoms with Crippen LogP contribution in [0.2, 0.25) is 5.02 Å². The van der Waals surface area contributed by atoms with E-state index in [-0.39, 0.29) is 11.5 Å². The van der Waals surface area contributed by atoms with Gasteiger partial charge in [-0.2, -0.15) is 5.10 Å². The van der Waals surface area contributed by atoms with E-state index in [0.717, 1.165) is 0 Å². The van der Waals surface area contributed by atoms with Crippen LogP contribution in [0.3, 0.4) is 0 Å². The number of benzene rings is 1. The Morgan fingerprint density at radius 3 is 2.80 bits per heavy atom. The number of anilines is 1. The van der Waals surface area contributed by atoms with Gasteiger partial charge < -0.3 is 5.11 Å². The number of aliphatic hydroxyl groups excluding tert-OH is 1. The van der Waals surface area contributed by atoms with Crippen molar-refractivity contribution >= 4 is 27.3 Å². The third kappa shape index (κ3) is 3.50. The van der Waals surface area contributed by atoms with Gasteiger partial charge in [0.15, 0.2) is 0 Å². The quantitative estimate of drug-likeness (QED) is 0.850. The monoisotopic (exact) mass is 315 g/mol. The highest BCUT2D eigenvalue weighted by atomic mass is 35.5. The van der Waals surface area contributed by atoms with Gasteiger partial charge in [-0.25, -0.2) is 8.42 Å². The second-order valence-electron chi connectivity index (χ2n) is 4.10. The Balaban J connectivity index is 2.18. The number of nitrogens with one attached hydrogen (secondary N) is 1. The van der Waals surface area contributed by atoms with E-state index in [1.807, 2.05) is 0 Å². The number of hydrogen-bond donors (Lipinski definition) is 2. The fourth-order valence-electron chi connectivity index (χ4n) is 1.59. The van der Waals surface area contributed by atoms with Crippen molar-refractivity contribution in [3.8, 4) is 0 Å². The van der Waals surface area contributed by atoms with Crippen LogP contribution in [0.4, 0.5) is 5.69 Å². The van der Waals surface area contributed by atoms with Crippen LogP contribution in [0, 0.1) is 0 Å². The zero-order valence-corrected chi connectivity index (χ0v) is 12.1. The molecule has 108 valence electrons. The summed E-state index contributed by atoms with van der Waals surface area (Å²) in [5.74, 6) is 0. The molecule has 8 heteroatoms. The van der Waals surface area contributed by atoms with Crippen molar-refractivity contribution in [1.29, 1.82) is 0 Å². The standard InChI is InChI=1S/C12H14ClN3O3S/c13-11-4-1-2-5-12(11)15-20(18,19)10-8-14-16(9-10)6-3-7-17/h1-2,4-5,8-9,15,17H,3,6-7H2. The highest BCUT2D eigenvalue weighted by Gasteiger charge is 2.17. The third-order valence-corrected chi connectivity index (χ3v) is 4.23. The van der Waals surface area contributed by atoms with Gasteiger partial charge in [-0.1, -0.05) is 23.7 Å². The van der Waals surface area contributed by atoms with Gasteiger partial charge in [-0.15, -0.1) is 0 Å². The molecule has 0 aliphatic carbocycles. The van der Waals surface area contributed by atoms with Crippen LogP contribution in [0.1, 0.15) is 6.42 Å². The number of para-hydroxylation sites is 1. The third-order valence-electron chi connectivity index (χ3n) is 2.58. The molecule has 0 saturated heterocycles. The Hall–Kier alpha value is -1.57. The Bertz CT molecular complexity index is 685. The number of nitrogens with zero attached hydrogens (tertiary/aromatic N) is 2. The molecule has 0 bridgehead atoms. The first-order valence-electron chi connectivity index (χ1n) is 5.93. The molecule has 1 aromatic heterocycles. The summed E-state index contributed by atoms with van der Waals surface area (Å²) < 4.78 is 28.2. The van der Waals surface area contributed by atoms with E-state index in [0.29, 0.717) is 23.7 Å². The minimum Gasteiger partial charge on any atom is -0.396 e. The number of sulfonamides is 1. The fraction of sp³-hybridized carbons (Fsp3) is 0.250. The maximum Gasteiger partial charge on any atom is 0.265 e. The predicted octanol–water partition coefficient (Wildman–Crippen LogP) is 1.72. The van der Waals surface area contributed by atoms with Crippen molar-refractivity contribution in [3.63, 3.8) is 0 Å². The van der Waals surface area contributed by atoms with E-state index in [2.05, 4.69) is 9.82 Å². The molecule has 1 aromatic carbocycles. The molecule has 1 heterocycles. The Morgan fingerprint density at radius 1 is 1.35 bits per heavy atom. The molecule has 0 aliphatic rings. The van der Waals surface area contributed by atoms with Crippen LogP contribution in [0.25, 0.3) is 0 Å². The second kappa shape index (κ2) is 6.25. The number of aliphatic hydroxyl groups is 1. The molecule has 2 N–H and O–H groups in total. The number of rotatable bonds is 6. The summed E-state index contributed by atoms with van der Waals surface area (Å²) in [4.78, 5) is 0.0513. The first-order chi connectivity index (χ1) is 9.53. The van der Waals surface area contributed by atoms with Crippen LogP contribution in [0.5, 0.6) is 0 Å². The van der Waals surface area contributed by atoms with Crippen LogP contribution in [0.15, 0.2) is 41.6 Å². The number of aryl methyl sites for hydroxylation is 1. The van der Waals surface area contributed by atoms with Gasteiger partial charge in [0.2, 0.25) is 0 Å². The molecule has 0 fully saturated rings. The van der Waals surface area contributed by atoms with Gasteiger partial charge in [0.1, 0.15) is 4.90 Å². The highest BCUT2D eigenvalue weighted by Crippen LogP contribution is 2.23. The van der Waals surface area contributed by atoms with Gasteiger partial charge in [0.25, 0.3) is 10.0 Å². The molecule has 0 saturated carbocycles. The number of hydrogen-bond acceptors (Lipinski definition) is 4. The average molecular weight is 316 g/mol. The van der Waals surface area contributed by atoms with Crippen LogP contribution in [-0.4, -0.2) is 29.9 Å². The highest BCUT2D eigenvalue weighted by molar-refractivity contribution is 7.92. The summed E-state index contributed by atoms with van der Waals surface area (Å²) >= 11 is 5.92. The first-order valence-corrected chi connectivity index (χ1v) is 7.80. The van der Waals surface area contributed by atoms with Gasteiger partial charge >= 0.3 is 0 Å².